The summed E-state index contributed by atoms with van der Waals surface area (Å²) in [7, 11) is 0. The van der Waals surface area contributed by atoms with Gasteiger partial charge in [-0.05, 0) is 42.7 Å². The van der Waals surface area contributed by atoms with Gasteiger partial charge in [-0.2, -0.15) is 0 Å². The molecule has 1 aliphatic heterocycles. The molecule has 2 aromatic carbocycles. The Morgan fingerprint density at radius 3 is 2.52 bits per heavy atom. The fraction of sp³-hybridized carbons (Fsp3) is 0.333. The van der Waals surface area contributed by atoms with Gasteiger partial charge in [0.25, 0.3) is 0 Å². The molecule has 1 aromatic heterocycles. The van der Waals surface area contributed by atoms with Gasteiger partial charge in [0.2, 0.25) is 5.91 Å². The Morgan fingerprint density at radius 1 is 1.16 bits per heavy atom. The third kappa shape index (κ3) is 5.25. The number of halogens is 4. The van der Waals surface area contributed by atoms with Crippen LogP contribution < -0.4 is 15.0 Å². The third-order valence-corrected chi connectivity index (χ3v) is 6.20. The van der Waals surface area contributed by atoms with E-state index < -0.39 is 6.36 Å². The molecule has 164 valence electrons. The van der Waals surface area contributed by atoms with Crippen LogP contribution in [0.3, 0.4) is 0 Å². The lowest BCUT2D eigenvalue weighted by molar-refractivity contribution is -0.274. The first-order valence-corrected chi connectivity index (χ1v) is 10.5. The number of aromatic nitrogens is 1. The Labute approximate surface area is 179 Å². The van der Waals surface area contributed by atoms with Crippen LogP contribution in [0, 0.1) is 11.7 Å². The number of anilines is 1. The molecule has 0 radical (unpaired) electrons. The lowest BCUT2D eigenvalue weighted by Crippen LogP contribution is -2.40. The van der Waals surface area contributed by atoms with E-state index in [9.17, 15) is 22.4 Å². The van der Waals surface area contributed by atoms with Gasteiger partial charge in [-0.3, -0.25) is 4.79 Å². The highest BCUT2D eigenvalue weighted by molar-refractivity contribution is 7.22. The summed E-state index contributed by atoms with van der Waals surface area (Å²) in [4.78, 5) is 19.0. The molecule has 0 aliphatic carbocycles. The number of thiazole rings is 1. The van der Waals surface area contributed by atoms with Crippen LogP contribution in [0.25, 0.3) is 10.2 Å². The van der Waals surface area contributed by atoms with Crippen molar-refractivity contribution in [1.29, 1.82) is 0 Å². The van der Waals surface area contributed by atoms with Crippen molar-refractivity contribution in [1.82, 2.24) is 10.3 Å². The lowest BCUT2D eigenvalue weighted by Gasteiger charge is -2.31. The van der Waals surface area contributed by atoms with E-state index in [1.54, 1.807) is 6.07 Å². The molecule has 1 fully saturated rings. The molecule has 4 rings (SSSR count). The maximum atomic E-state index is 13.9. The molecular formula is C21H19F4N3O2S. The quantitative estimate of drug-likeness (QED) is 0.561. The fourth-order valence-corrected chi connectivity index (χ4v) is 4.55. The smallest absolute Gasteiger partial charge is 0.406 e. The van der Waals surface area contributed by atoms with Crippen LogP contribution in [0.2, 0.25) is 0 Å². The van der Waals surface area contributed by atoms with Crippen LogP contribution in [-0.4, -0.2) is 30.3 Å². The van der Waals surface area contributed by atoms with Gasteiger partial charge < -0.3 is 15.0 Å². The van der Waals surface area contributed by atoms with E-state index in [0.717, 1.165) is 9.83 Å². The van der Waals surface area contributed by atoms with Crippen LogP contribution in [0.1, 0.15) is 18.4 Å². The number of nitrogens with zero attached hydrogens (tertiary/aromatic N) is 2. The van der Waals surface area contributed by atoms with E-state index in [4.69, 9.17) is 0 Å². The van der Waals surface area contributed by atoms with Gasteiger partial charge in [-0.25, -0.2) is 9.37 Å². The molecule has 1 N–H and O–H groups in total. The number of hydrogen-bond acceptors (Lipinski definition) is 5. The predicted octanol–water partition coefficient (Wildman–Crippen LogP) is 4.87. The Balaban J connectivity index is 1.27. The van der Waals surface area contributed by atoms with Gasteiger partial charge in [0.15, 0.2) is 5.13 Å². The molecule has 1 amide bonds. The summed E-state index contributed by atoms with van der Waals surface area (Å²) in [6.45, 7) is 1.51. The van der Waals surface area contributed by atoms with E-state index in [-0.39, 0.29) is 29.9 Å². The average molecular weight is 453 g/mol. The second-order valence-electron chi connectivity index (χ2n) is 7.25. The topological polar surface area (TPSA) is 54.5 Å². The first-order chi connectivity index (χ1) is 14.8. The van der Waals surface area contributed by atoms with Crippen LogP contribution in [0.4, 0.5) is 22.7 Å². The second-order valence-corrected chi connectivity index (χ2v) is 8.26. The molecule has 1 aliphatic rings. The number of hydrogen-bond donors (Lipinski definition) is 1. The van der Waals surface area contributed by atoms with Crippen molar-refractivity contribution in [3.8, 4) is 5.75 Å². The van der Waals surface area contributed by atoms with E-state index in [1.165, 1.54) is 41.7 Å². The van der Waals surface area contributed by atoms with Gasteiger partial charge >= 0.3 is 6.36 Å². The summed E-state index contributed by atoms with van der Waals surface area (Å²) in [6.07, 6.45) is -3.45. The average Bonchev–Trinajstić information content (AvgIpc) is 3.18. The summed E-state index contributed by atoms with van der Waals surface area (Å²) >= 11 is 1.43. The van der Waals surface area contributed by atoms with Crippen molar-refractivity contribution < 1.29 is 27.1 Å². The van der Waals surface area contributed by atoms with Crippen molar-refractivity contribution in [3.05, 3.63) is 53.8 Å². The molecule has 31 heavy (non-hydrogen) atoms. The van der Waals surface area contributed by atoms with Gasteiger partial charge in [-0.15, -0.1) is 13.2 Å². The van der Waals surface area contributed by atoms with E-state index in [0.29, 0.717) is 37.0 Å². The first-order valence-electron chi connectivity index (χ1n) is 9.71. The zero-order chi connectivity index (χ0) is 22.0. The number of para-hydroxylation sites is 1. The number of ether oxygens (including phenoxy) is 1. The summed E-state index contributed by atoms with van der Waals surface area (Å²) in [5.41, 5.74) is 1.05. The van der Waals surface area contributed by atoms with Gasteiger partial charge in [0.05, 0.1) is 4.70 Å². The Morgan fingerprint density at radius 2 is 1.87 bits per heavy atom. The maximum Gasteiger partial charge on any atom is 0.573 e. The fourth-order valence-electron chi connectivity index (χ4n) is 3.51. The van der Waals surface area contributed by atoms with Gasteiger partial charge in [0.1, 0.15) is 17.1 Å². The highest BCUT2D eigenvalue weighted by Crippen LogP contribution is 2.32. The third-order valence-electron chi connectivity index (χ3n) is 5.12. The lowest BCUT2D eigenvalue weighted by atomic mass is 9.96. The minimum Gasteiger partial charge on any atom is -0.406 e. The summed E-state index contributed by atoms with van der Waals surface area (Å²) in [5, 5.41) is 3.59. The minimum absolute atomic E-state index is 0.0920. The number of rotatable bonds is 5. The number of carbonyl (C=O) groups excluding carboxylic acids is 1. The number of benzene rings is 2. The zero-order valence-corrected chi connectivity index (χ0v) is 17.1. The van der Waals surface area contributed by atoms with Gasteiger partial charge in [0, 0.05) is 25.6 Å². The molecule has 0 saturated carbocycles. The molecule has 1 saturated heterocycles. The van der Waals surface area contributed by atoms with E-state index in [2.05, 4.69) is 19.9 Å². The van der Waals surface area contributed by atoms with Crippen molar-refractivity contribution in [2.75, 3.05) is 18.0 Å². The van der Waals surface area contributed by atoms with E-state index in [1.807, 2.05) is 6.07 Å². The number of carbonyl (C=O) groups is 1. The zero-order valence-electron chi connectivity index (χ0n) is 16.3. The Hall–Kier alpha value is -2.88. The number of fused-ring (bicyclic) bond motifs is 1. The minimum atomic E-state index is -4.73. The largest absolute Gasteiger partial charge is 0.573 e. The predicted molar refractivity (Wildman–Crippen MR) is 109 cm³/mol. The van der Waals surface area contributed by atoms with Crippen molar-refractivity contribution in [2.45, 2.75) is 25.7 Å². The number of amides is 1. The molecular weight excluding hydrogens is 434 g/mol. The molecule has 0 unspecified atom stereocenters. The number of alkyl halides is 3. The monoisotopic (exact) mass is 453 g/mol. The molecule has 0 bridgehead atoms. The highest BCUT2D eigenvalue weighted by atomic mass is 32.1. The normalized spacial score (nSPS) is 15.3. The summed E-state index contributed by atoms with van der Waals surface area (Å²) in [5.74, 6) is -0.891. The number of nitrogens with one attached hydrogen (secondary N) is 1. The standard InChI is InChI=1S/C21H19F4N3O2S/c22-16-2-1-3-17-18(16)27-20(31-17)28-10-8-14(9-11-28)19(29)26-12-13-4-6-15(7-5-13)30-21(23,24)25/h1-7,14H,8-12H2,(H,26,29). The van der Waals surface area contributed by atoms with E-state index >= 15 is 0 Å². The van der Waals surface area contributed by atoms with Crippen LogP contribution >= 0.6 is 11.3 Å². The van der Waals surface area contributed by atoms with Crippen molar-refractivity contribution in [2.24, 2.45) is 5.92 Å². The Bertz CT molecular complexity index is 1060. The maximum absolute atomic E-state index is 13.9. The first kappa shape index (κ1) is 21.4. The highest BCUT2D eigenvalue weighted by Gasteiger charge is 2.31. The molecule has 10 heteroatoms. The van der Waals surface area contributed by atoms with Gasteiger partial charge in [-0.1, -0.05) is 29.5 Å². The number of piperidine rings is 1. The molecule has 0 spiro atoms. The Kier molecular flexibility index (Phi) is 5.99. The van der Waals surface area contributed by atoms with Crippen molar-refractivity contribution in [3.63, 3.8) is 0 Å². The summed E-state index contributed by atoms with van der Waals surface area (Å²) < 4.78 is 55.1. The summed E-state index contributed by atoms with van der Waals surface area (Å²) in [6, 6.07) is 10.3. The molecule has 5 nitrogen and oxygen atoms in total. The SMILES string of the molecule is O=C(NCc1ccc(OC(F)(F)F)cc1)C1CCN(c2nc3c(F)cccc3s2)CC1. The van der Waals surface area contributed by atoms with Crippen LogP contribution in [0.5, 0.6) is 5.75 Å². The second kappa shape index (κ2) is 8.70. The van der Waals surface area contributed by atoms with Crippen LogP contribution in [0.15, 0.2) is 42.5 Å². The molecule has 2 heterocycles. The van der Waals surface area contributed by atoms with Crippen LogP contribution in [-0.2, 0) is 11.3 Å². The molecule has 0 atom stereocenters. The molecule has 3 aromatic rings. The van der Waals surface area contributed by atoms with Crippen molar-refractivity contribution >= 4 is 32.6 Å².